The maximum atomic E-state index is 13.5. The summed E-state index contributed by atoms with van der Waals surface area (Å²) in [6.45, 7) is 2.02. The number of methoxy groups -OCH3 is 1. The van der Waals surface area contributed by atoms with Gasteiger partial charge in [0.15, 0.2) is 0 Å². The van der Waals surface area contributed by atoms with Crippen LogP contribution < -0.4 is 10.5 Å². The topological polar surface area (TPSA) is 92.6 Å². The number of aromatic amines is 1. The Bertz CT molecular complexity index is 1490. The molecule has 6 rings (SSSR count). The van der Waals surface area contributed by atoms with Gasteiger partial charge < -0.3 is 14.6 Å². The van der Waals surface area contributed by atoms with Crippen molar-refractivity contribution in [3.05, 3.63) is 68.7 Å². The lowest BCUT2D eigenvalue weighted by atomic mass is 9.81. The molecule has 0 bridgehead atoms. The number of halogens is 1. The van der Waals surface area contributed by atoms with E-state index < -0.39 is 0 Å². The minimum atomic E-state index is -0.331. The number of carbonyl (C=O) groups is 1. The van der Waals surface area contributed by atoms with E-state index in [0.29, 0.717) is 16.1 Å². The number of fused-ring (bicyclic) bond motifs is 4. The molecule has 1 aliphatic heterocycles. The van der Waals surface area contributed by atoms with Crippen LogP contribution in [0.15, 0.2) is 41.2 Å². The molecule has 1 N–H and O–H groups in total. The van der Waals surface area contributed by atoms with Crippen LogP contribution in [-0.4, -0.2) is 44.7 Å². The number of carbonyl (C=O) groups excluding carboxylic acids is 1. The summed E-state index contributed by atoms with van der Waals surface area (Å²) in [4.78, 5) is 30.9. The van der Waals surface area contributed by atoms with Crippen LogP contribution in [0.25, 0.3) is 16.7 Å². The Labute approximate surface area is 194 Å². The Balaban J connectivity index is 1.43. The summed E-state index contributed by atoms with van der Waals surface area (Å²) in [5.41, 5.74) is 3.71. The molecule has 1 amide bonds. The highest BCUT2D eigenvalue weighted by atomic mass is 35.5. The second kappa shape index (κ2) is 7.40. The molecule has 2 aromatic carbocycles. The predicted molar refractivity (Wildman–Crippen MR) is 125 cm³/mol. The van der Waals surface area contributed by atoms with E-state index >= 15 is 0 Å². The van der Waals surface area contributed by atoms with Crippen molar-refractivity contribution in [3.63, 3.8) is 0 Å². The Kier molecular flexibility index (Phi) is 4.57. The van der Waals surface area contributed by atoms with Gasteiger partial charge in [-0.2, -0.15) is 0 Å². The summed E-state index contributed by atoms with van der Waals surface area (Å²) in [5, 5.41) is 9.10. The summed E-state index contributed by atoms with van der Waals surface area (Å²) >= 11 is 6.14. The van der Waals surface area contributed by atoms with E-state index in [1.165, 1.54) is 0 Å². The molecule has 0 radical (unpaired) electrons. The first-order valence-electron chi connectivity index (χ1n) is 11.0. The third kappa shape index (κ3) is 3.08. The van der Waals surface area contributed by atoms with Crippen molar-refractivity contribution in [2.24, 2.45) is 0 Å². The number of benzene rings is 2. The molecular weight excluding hydrogens is 442 g/mol. The average Bonchev–Trinajstić information content (AvgIpc) is 3.33. The Morgan fingerprint density at radius 2 is 2.00 bits per heavy atom. The molecule has 1 saturated carbocycles. The molecule has 2 aliphatic rings. The maximum Gasteiger partial charge on any atom is 0.294 e. The van der Waals surface area contributed by atoms with Crippen molar-refractivity contribution in [1.29, 1.82) is 0 Å². The predicted octanol–water partition coefficient (Wildman–Crippen LogP) is 3.71. The number of hydrogen-bond donors (Lipinski definition) is 1. The number of hydrogen-bond acceptors (Lipinski definition) is 5. The first-order chi connectivity index (χ1) is 15.9. The summed E-state index contributed by atoms with van der Waals surface area (Å²) in [6.07, 6.45) is 2.65. The lowest BCUT2D eigenvalue weighted by Gasteiger charge is -2.32. The summed E-state index contributed by atoms with van der Waals surface area (Å²) in [7, 11) is 1.70. The fourth-order valence-corrected chi connectivity index (χ4v) is 5.30. The van der Waals surface area contributed by atoms with E-state index in [-0.39, 0.29) is 35.2 Å². The highest BCUT2D eigenvalue weighted by Gasteiger charge is 2.35. The standard InChI is InChI=1S/C24H22ClN5O3/c1-12-7-14-8-16(25)4-6-19(14)29(12)24(32)13-3-5-20-18(11-13)26-23(31)22-28-27-21(30(20)22)15-9-17(10-15)33-2/h3-6,8,11-12,15,17H,7,9-10H2,1-2H3,(H,26,31). The second-order valence-electron chi connectivity index (χ2n) is 8.93. The van der Waals surface area contributed by atoms with Gasteiger partial charge in [0, 0.05) is 35.3 Å². The molecule has 9 heteroatoms. The minimum absolute atomic E-state index is 0.0139. The maximum absolute atomic E-state index is 13.5. The third-order valence-corrected chi connectivity index (χ3v) is 7.13. The summed E-state index contributed by atoms with van der Waals surface area (Å²) in [5.74, 6) is 0.829. The van der Waals surface area contributed by atoms with Crippen LogP contribution in [0.4, 0.5) is 5.69 Å². The largest absolute Gasteiger partial charge is 0.381 e. The van der Waals surface area contributed by atoms with Crippen LogP contribution in [0.5, 0.6) is 0 Å². The number of anilines is 1. The fraction of sp³-hybridized carbons (Fsp3) is 0.333. The first kappa shape index (κ1) is 20.4. The van der Waals surface area contributed by atoms with Crippen LogP contribution in [-0.2, 0) is 11.2 Å². The van der Waals surface area contributed by atoms with Gasteiger partial charge in [-0.25, -0.2) is 0 Å². The van der Waals surface area contributed by atoms with E-state index in [1.54, 1.807) is 30.2 Å². The van der Waals surface area contributed by atoms with Crippen molar-refractivity contribution < 1.29 is 9.53 Å². The number of aromatic nitrogens is 4. The second-order valence-corrected chi connectivity index (χ2v) is 9.37. The summed E-state index contributed by atoms with van der Waals surface area (Å²) < 4.78 is 7.21. The lowest BCUT2D eigenvalue weighted by Crippen LogP contribution is -2.35. The van der Waals surface area contributed by atoms with Crippen LogP contribution in [0.3, 0.4) is 0 Å². The van der Waals surface area contributed by atoms with E-state index in [0.717, 1.165) is 41.9 Å². The number of amides is 1. The van der Waals surface area contributed by atoms with Crippen molar-refractivity contribution >= 4 is 39.9 Å². The fourth-order valence-electron chi connectivity index (χ4n) is 5.10. The first-order valence-corrected chi connectivity index (χ1v) is 11.4. The Morgan fingerprint density at radius 1 is 1.18 bits per heavy atom. The van der Waals surface area contributed by atoms with Gasteiger partial charge in [-0.05, 0) is 68.1 Å². The van der Waals surface area contributed by atoms with Crippen molar-refractivity contribution in [3.8, 4) is 0 Å². The number of rotatable bonds is 3. The molecule has 8 nitrogen and oxygen atoms in total. The molecule has 4 aromatic rings. The number of H-pyrrole nitrogens is 1. The number of ether oxygens (including phenoxy) is 1. The van der Waals surface area contributed by atoms with Gasteiger partial charge in [0.2, 0.25) is 5.65 Å². The molecular formula is C24H22ClN5O3. The van der Waals surface area contributed by atoms with Gasteiger partial charge in [0.25, 0.3) is 11.5 Å². The molecule has 0 spiro atoms. The van der Waals surface area contributed by atoms with Gasteiger partial charge in [-0.3, -0.25) is 14.0 Å². The molecule has 1 aliphatic carbocycles. The zero-order valence-corrected chi connectivity index (χ0v) is 19.0. The van der Waals surface area contributed by atoms with Gasteiger partial charge in [-0.15, -0.1) is 10.2 Å². The van der Waals surface area contributed by atoms with Crippen molar-refractivity contribution in [2.45, 2.75) is 44.2 Å². The lowest BCUT2D eigenvalue weighted by molar-refractivity contribution is 0.0235. The Hall–Kier alpha value is -3.23. The minimum Gasteiger partial charge on any atom is -0.381 e. The monoisotopic (exact) mass is 463 g/mol. The Morgan fingerprint density at radius 3 is 2.79 bits per heavy atom. The van der Waals surface area contributed by atoms with Crippen molar-refractivity contribution in [2.75, 3.05) is 12.0 Å². The van der Waals surface area contributed by atoms with Crippen molar-refractivity contribution in [1.82, 2.24) is 19.6 Å². The summed E-state index contributed by atoms with van der Waals surface area (Å²) in [6, 6.07) is 11.0. The molecule has 1 fully saturated rings. The van der Waals surface area contributed by atoms with Gasteiger partial charge in [-0.1, -0.05) is 11.6 Å². The van der Waals surface area contributed by atoms with Gasteiger partial charge in [0.05, 0.1) is 17.1 Å². The van der Waals surface area contributed by atoms with Crippen LogP contribution >= 0.6 is 11.6 Å². The quantitative estimate of drug-likeness (QED) is 0.500. The van der Waals surface area contributed by atoms with Crippen LogP contribution in [0.2, 0.25) is 5.02 Å². The van der Waals surface area contributed by atoms with Gasteiger partial charge in [0.1, 0.15) is 5.82 Å². The number of nitrogens with one attached hydrogen (secondary N) is 1. The third-order valence-electron chi connectivity index (χ3n) is 6.89. The molecule has 168 valence electrons. The normalized spacial score (nSPS) is 22.0. The van der Waals surface area contributed by atoms with E-state index in [1.807, 2.05) is 29.5 Å². The molecule has 3 heterocycles. The SMILES string of the molecule is COC1CC(c2nnc3c(=O)[nH]c4cc(C(=O)N5c6ccc(Cl)cc6CC5C)ccc4n23)C1. The van der Waals surface area contributed by atoms with E-state index in [4.69, 9.17) is 16.3 Å². The van der Waals surface area contributed by atoms with Crippen LogP contribution in [0, 0.1) is 0 Å². The molecule has 1 atom stereocenters. The zero-order valence-electron chi connectivity index (χ0n) is 18.2. The number of nitrogens with zero attached hydrogens (tertiary/aromatic N) is 4. The highest BCUT2D eigenvalue weighted by molar-refractivity contribution is 6.30. The molecule has 0 saturated heterocycles. The molecule has 33 heavy (non-hydrogen) atoms. The average molecular weight is 464 g/mol. The smallest absolute Gasteiger partial charge is 0.294 e. The molecule has 2 aromatic heterocycles. The van der Waals surface area contributed by atoms with Crippen LogP contribution in [0.1, 0.15) is 47.4 Å². The van der Waals surface area contributed by atoms with E-state index in [9.17, 15) is 9.59 Å². The highest BCUT2D eigenvalue weighted by Crippen LogP contribution is 2.38. The molecule has 1 unspecified atom stereocenters. The zero-order chi connectivity index (χ0) is 22.9. The van der Waals surface area contributed by atoms with E-state index in [2.05, 4.69) is 15.2 Å². The van der Waals surface area contributed by atoms with Gasteiger partial charge >= 0.3 is 0 Å².